The maximum Gasteiger partial charge on any atom is 0.174 e. The summed E-state index contributed by atoms with van der Waals surface area (Å²) in [6.07, 6.45) is 0.961. The molecule has 1 heterocycles. The van der Waals surface area contributed by atoms with Gasteiger partial charge in [-0.05, 0) is 42.9 Å². The minimum atomic E-state index is -0.172. The first-order valence-corrected chi connectivity index (χ1v) is 9.20. The molecule has 0 unspecified atom stereocenters. The molecule has 0 spiro atoms. The average molecular weight is 394 g/mol. The monoisotopic (exact) mass is 393 g/mol. The number of nitrogens with one attached hydrogen (secondary N) is 1. The molecule has 0 saturated carbocycles. The molecule has 0 bridgehead atoms. The van der Waals surface area contributed by atoms with Gasteiger partial charge in [-0.1, -0.05) is 29.8 Å². The Morgan fingerprint density at radius 2 is 2.08 bits per heavy atom. The molecule has 0 amide bonds. The number of halogens is 2. The van der Waals surface area contributed by atoms with Gasteiger partial charge in [-0.25, -0.2) is 4.39 Å². The Morgan fingerprint density at radius 3 is 2.85 bits per heavy atom. The lowest BCUT2D eigenvalue weighted by molar-refractivity contribution is 0.132. The van der Waals surface area contributed by atoms with E-state index in [4.69, 9.17) is 28.6 Å². The van der Waals surface area contributed by atoms with Gasteiger partial charge in [0.05, 0.1) is 19.5 Å². The maximum absolute atomic E-state index is 13.9. The van der Waals surface area contributed by atoms with E-state index in [-0.39, 0.29) is 5.82 Å². The van der Waals surface area contributed by atoms with Crippen molar-refractivity contribution in [1.29, 1.82) is 0 Å². The zero-order chi connectivity index (χ0) is 18.5. The maximum atomic E-state index is 13.9. The molecule has 3 rings (SSSR count). The molecule has 0 aliphatic carbocycles. The lowest BCUT2D eigenvalue weighted by Gasteiger charge is -2.37. The first-order valence-electron chi connectivity index (χ1n) is 8.42. The first-order chi connectivity index (χ1) is 12.6. The molecule has 1 aliphatic heterocycles. The molecule has 0 atom stereocenters. The van der Waals surface area contributed by atoms with E-state index < -0.39 is 0 Å². The standard InChI is InChI=1S/C19H21ClFN3OS/c1-25-18-8-7-15(20)11-17(18)22-19(26)24-10-4-9-23(13-24)12-14-5-2-3-6-16(14)21/h2-3,5-8,11H,4,9-10,12-13H2,1H3,(H,22,26). The third-order valence-electron chi connectivity index (χ3n) is 4.32. The highest BCUT2D eigenvalue weighted by Crippen LogP contribution is 2.28. The van der Waals surface area contributed by atoms with Crippen molar-refractivity contribution in [2.45, 2.75) is 13.0 Å². The van der Waals surface area contributed by atoms with E-state index in [1.807, 2.05) is 12.1 Å². The zero-order valence-electron chi connectivity index (χ0n) is 14.5. The highest BCUT2D eigenvalue weighted by molar-refractivity contribution is 7.80. The third-order valence-corrected chi connectivity index (χ3v) is 4.91. The molecule has 2 aromatic carbocycles. The van der Waals surface area contributed by atoms with Crippen LogP contribution in [0.3, 0.4) is 0 Å². The number of thiocarbonyl (C=S) groups is 1. The summed E-state index contributed by atoms with van der Waals surface area (Å²) >= 11 is 11.6. The summed E-state index contributed by atoms with van der Waals surface area (Å²) < 4.78 is 19.3. The molecule has 7 heteroatoms. The Hall–Kier alpha value is -1.89. The number of anilines is 1. The van der Waals surface area contributed by atoms with Crippen LogP contribution in [0.2, 0.25) is 5.02 Å². The van der Waals surface area contributed by atoms with E-state index in [9.17, 15) is 4.39 Å². The Labute approximate surface area is 163 Å². The second kappa shape index (κ2) is 8.66. The first kappa shape index (κ1) is 18.9. The van der Waals surface area contributed by atoms with Crippen molar-refractivity contribution in [3.63, 3.8) is 0 Å². The summed E-state index contributed by atoms with van der Waals surface area (Å²) in [6.45, 7) is 2.96. The van der Waals surface area contributed by atoms with Crippen molar-refractivity contribution in [2.24, 2.45) is 0 Å². The molecule has 1 fully saturated rings. The van der Waals surface area contributed by atoms with Crippen LogP contribution in [0.5, 0.6) is 5.75 Å². The number of hydrogen-bond donors (Lipinski definition) is 1. The van der Waals surface area contributed by atoms with Gasteiger partial charge in [0.2, 0.25) is 0 Å². The van der Waals surface area contributed by atoms with Crippen molar-refractivity contribution >= 4 is 34.6 Å². The predicted octanol–water partition coefficient (Wildman–Crippen LogP) is 4.35. The lowest BCUT2D eigenvalue weighted by Crippen LogP contribution is -2.48. The van der Waals surface area contributed by atoms with Crippen LogP contribution in [0.25, 0.3) is 0 Å². The van der Waals surface area contributed by atoms with Gasteiger partial charge in [0, 0.05) is 30.2 Å². The number of hydrogen-bond acceptors (Lipinski definition) is 3. The van der Waals surface area contributed by atoms with Crippen LogP contribution < -0.4 is 10.1 Å². The molecule has 0 aromatic heterocycles. The van der Waals surface area contributed by atoms with E-state index >= 15 is 0 Å². The second-order valence-electron chi connectivity index (χ2n) is 6.18. The fourth-order valence-electron chi connectivity index (χ4n) is 3.00. The molecular formula is C19H21ClFN3OS. The van der Waals surface area contributed by atoms with Gasteiger partial charge in [0.25, 0.3) is 0 Å². The number of nitrogens with zero attached hydrogens (tertiary/aromatic N) is 2. The fourth-order valence-corrected chi connectivity index (χ4v) is 3.43. The molecule has 4 nitrogen and oxygen atoms in total. The molecule has 0 radical (unpaired) electrons. The molecule has 26 heavy (non-hydrogen) atoms. The van der Waals surface area contributed by atoms with Gasteiger partial charge >= 0.3 is 0 Å². The SMILES string of the molecule is COc1ccc(Cl)cc1NC(=S)N1CCCN(Cc2ccccc2F)C1. The van der Waals surface area contributed by atoms with E-state index in [1.165, 1.54) is 6.07 Å². The minimum absolute atomic E-state index is 0.172. The van der Waals surface area contributed by atoms with Gasteiger partial charge in [0.1, 0.15) is 11.6 Å². The number of ether oxygens (including phenoxy) is 1. The van der Waals surface area contributed by atoms with E-state index in [1.54, 1.807) is 31.4 Å². The van der Waals surface area contributed by atoms with Crippen LogP contribution in [0, 0.1) is 5.82 Å². The quantitative estimate of drug-likeness (QED) is 0.779. The van der Waals surface area contributed by atoms with Crippen LogP contribution in [0.1, 0.15) is 12.0 Å². The molecule has 2 aromatic rings. The summed E-state index contributed by atoms with van der Waals surface area (Å²) in [6, 6.07) is 12.2. The summed E-state index contributed by atoms with van der Waals surface area (Å²) in [5.74, 6) is 0.506. The Kier molecular flexibility index (Phi) is 6.29. The summed E-state index contributed by atoms with van der Waals surface area (Å²) in [7, 11) is 1.61. The number of methoxy groups -OCH3 is 1. The van der Waals surface area contributed by atoms with Crippen LogP contribution in [-0.4, -0.2) is 41.8 Å². The number of benzene rings is 2. The third kappa shape index (κ3) is 4.63. The highest BCUT2D eigenvalue weighted by atomic mass is 35.5. The summed E-state index contributed by atoms with van der Waals surface area (Å²) in [5.41, 5.74) is 1.43. The largest absolute Gasteiger partial charge is 0.495 e. The summed E-state index contributed by atoms with van der Waals surface area (Å²) in [5, 5.41) is 4.42. The Balaban J connectivity index is 1.65. The van der Waals surface area contributed by atoms with Gasteiger partial charge in [-0.3, -0.25) is 4.90 Å². The predicted molar refractivity (Wildman–Crippen MR) is 107 cm³/mol. The normalized spacial score (nSPS) is 15.0. The Morgan fingerprint density at radius 1 is 1.27 bits per heavy atom. The zero-order valence-corrected chi connectivity index (χ0v) is 16.1. The second-order valence-corrected chi connectivity index (χ2v) is 7.00. The summed E-state index contributed by atoms with van der Waals surface area (Å²) in [4.78, 5) is 4.26. The molecular weight excluding hydrogens is 373 g/mol. The van der Waals surface area contributed by atoms with Crippen LogP contribution in [-0.2, 0) is 6.54 Å². The topological polar surface area (TPSA) is 27.7 Å². The van der Waals surface area contributed by atoms with Crippen LogP contribution in [0.15, 0.2) is 42.5 Å². The fraction of sp³-hybridized carbons (Fsp3) is 0.316. The van der Waals surface area contributed by atoms with Crippen LogP contribution >= 0.6 is 23.8 Å². The van der Waals surface area contributed by atoms with Crippen LogP contribution in [0.4, 0.5) is 10.1 Å². The smallest absolute Gasteiger partial charge is 0.174 e. The van der Waals surface area contributed by atoms with Crippen molar-refractivity contribution < 1.29 is 9.13 Å². The van der Waals surface area contributed by atoms with Crippen molar-refractivity contribution in [1.82, 2.24) is 9.80 Å². The van der Waals surface area contributed by atoms with Crippen molar-refractivity contribution in [3.05, 3.63) is 58.9 Å². The minimum Gasteiger partial charge on any atom is -0.495 e. The Bertz CT molecular complexity index is 789. The van der Waals surface area contributed by atoms with Gasteiger partial charge in [-0.15, -0.1) is 0 Å². The molecule has 1 saturated heterocycles. The van der Waals surface area contributed by atoms with E-state index in [0.717, 1.165) is 25.2 Å². The average Bonchev–Trinajstić information content (AvgIpc) is 2.64. The highest BCUT2D eigenvalue weighted by Gasteiger charge is 2.21. The number of rotatable bonds is 4. The van der Waals surface area contributed by atoms with Gasteiger partial charge < -0.3 is 15.0 Å². The van der Waals surface area contributed by atoms with Crippen molar-refractivity contribution in [2.75, 3.05) is 32.2 Å². The van der Waals surface area contributed by atoms with E-state index in [0.29, 0.717) is 34.7 Å². The molecule has 1 aliphatic rings. The van der Waals surface area contributed by atoms with Gasteiger partial charge in [0.15, 0.2) is 5.11 Å². The lowest BCUT2D eigenvalue weighted by atomic mass is 10.2. The van der Waals surface area contributed by atoms with Crippen molar-refractivity contribution in [3.8, 4) is 5.75 Å². The van der Waals surface area contributed by atoms with E-state index in [2.05, 4.69) is 15.1 Å². The molecule has 138 valence electrons. The van der Waals surface area contributed by atoms with Gasteiger partial charge in [-0.2, -0.15) is 0 Å². The molecule has 1 N–H and O–H groups in total.